The van der Waals surface area contributed by atoms with Gasteiger partial charge in [0.1, 0.15) is 11.6 Å². The van der Waals surface area contributed by atoms with Crippen molar-refractivity contribution in [3.8, 4) is 5.75 Å². The second kappa shape index (κ2) is 9.36. The Hall–Kier alpha value is -3.15. The average Bonchev–Trinajstić information content (AvgIpc) is 2.64. The van der Waals surface area contributed by atoms with E-state index in [0.717, 1.165) is 5.56 Å². The van der Waals surface area contributed by atoms with E-state index in [-0.39, 0.29) is 18.3 Å². The van der Waals surface area contributed by atoms with Gasteiger partial charge in [0.05, 0.1) is 0 Å². The normalized spacial score (nSPS) is 10.8. The fraction of sp³-hybridized carbons (Fsp3) is 0.200. The predicted octanol–water partition coefficient (Wildman–Crippen LogP) is 3.19. The molecule has 0 atom stereocenters. The van der Waals surface area contributed by atoms with Gasteiger partial charge in [-0.3, -0.25) is 20.4 Å². The number of para-hydroxylation sites is 1. The summed E-state index contributed by atoms with van der Waals surface area (Å²) in [5, 5.41) is 0. The van der Waals surface area contributed by atoms with Gasteiger partial charge in [-0.1, -0.05) is 44.2 Å². The lowest BCUT2D eigenvalue weighted by Gasteiger charge is -2.13. The molecular weight excluding hydrogens is 335 g/mol. The summed E-state index contributed by atoms with van der Waals surface area (Å²) < 4.78 is 18.3. The van der Waals surface area contributed by atoms with E-state index in [1.807, 2.05) is 32.0 Å². The molecule has 6 heteroatoms. The Morgan fingerprint density at radius 1 is 1.08 bits per heavy atom. The molecule has 136 valence electrons. The second-order valence-corrected chi connectivity index (χ2v) is 5.90. The van der Waals surface area contributed by atoms with Crippen LogP contribution in [0.2, 0.25) is 0 Å². The van der Waals surface area contributed by atoms with Crippen LogP contribution in [-0.2, 0) is 9.59 Å². The van der Waals surface area contributed by atoms with Gasteiger partial charge in [-0.25, -0.2) is 4.39 Å². The molecule has 2 amide bonds. The zero-order valence-electron chi connectivity index (χ0n) is 14.7. The van der Waals surface area contributed by atoms with Crippen molar-refractivity contribution in [3.63, 3.8) is 0 Å². The number of amides is 2. The molecule has 0 aliphatic carbocycles. The molecule has 2 rings (SSSR count). The van der Waals surface area contributed by atoms with Crippen LogP contribution in [0.15, 0.2) is 54.6 Å². The Kier molecular flexibility index (Phi) is 6.91. The van der Waals surface area contributed by atoms with E-state index in [2.05, 4.69) is 10.9 Å². The lowest BCUT2D eigenvalue weighted by Crippen LogP contribution is -2.43. The molecule has 2 N–H and O–H groups in total. The van der Waals surface area contributed by atoms with Crippen LogP contribution in [0.3, 0.4) is 0 Å². The van der Waals surface area contributed by atoms with Crippen LogP contribution in [0.1, 0.15) is 30.9 Å². The molecule has 0 aliphatic rings. The van der Waals surface area contributed by atoms with E-state index in [1.54, 1.807) is 6.07 Å². The summed E-state index contributed by atoms with van der Waals surface area (Å²) in [5.74, 6) is -0.430. The molecule has 0 spiro atoms. The number of hydrogen-bond acceptors (Lipinski definition) is 3. The van der Waals surface area contributed by atoms with Crippen molar-refractivity contribution in [2.75, 3.05) is 6.61 Å². The number of rotatable bonds is 6. The molecular formula is C20H21FN2O3. The monoisotopic (exact) mass is 356 g/mol. The van der Waals surface area contributed by atoms with Gasteiger partial charge in [0, 0.05) is 6.08 Å². The summed E-state index contributed by atoms with van der Waals surface area (Å²) in [7, 11) is 0. The first kappa shape index (κ1) is 19.2. The fourth-order valence-electron chi connectivity index (χ4n) is 2.19. The Bertz CT molecular complexity index is 786. The zero-order chi connectivity index (χ0) is 18.9. The zero-order valence-corrected chi connectivity index (χ0v) is 14.7. The van der Waals surface area contributed by atoms with Crippen LogP contribution in [0.25, 0.3) is 6.08 Å². The first-order valence-electron chi connectivity index (χ1n) is 8.20. The Morgan fingerprint density at radius 3 is 2.46 bits per heavy atom. The van der Waals surface area contributed by atoms with Crippen LogP contribution in [0, 0.1) is 5.82 Å². The minimum atomic E-state index is -0.509. The number of carbonyl (C=O) groups is 2. The van der Waals surface area contributed by atoms with Crippen molar-refractivity contribution in [2.45, 2.75) is 19.8 Å². The molecule has 2 aromatic rings. The lowest BCUT2D eigenvalue weighted by atomic mass is 10.0. The van der Waals surface area contributed by atoms with Crippen LogP contribution in [0.4, 0.5) is 4.39 Å². The van der Waals surface area contributed by atoms with E-state index in [9.17, 15) is 14.0 Å². The second-order valence-electron chi connectivity index (χ2n) is 5.90. The molecule has 0 bridgehead atoms. The number of ether oxygens (including phenoxy) is 1. The van der Waals surface area contributed by atoms with Gasteiger partial charge in [0.25, 0.3) is 11.8 Å². The topological polar surface area (TPSA) is 67.4 Å². The van der Waals surface area contributed by atoms with Crippen molar-refractivity contribution in [1.29, 1.82) is 0 Å². The highest BCUT2D eigenvalue weighted by Crippen LogP contribution is 2.25. The Balaban J connectivity index is 1.78. The van der Waals surface area contributed by atoms with Crippen LogP contribution < -0.4 is 15.6 Å². The maximum atomic E-state index is 12.8. The number of hydrogen-bond donors (Lipinski definition) is 2. The van der Waals surface area contributed by atoms with Gasteiger partial charge in [-0.05, 0) is 41.3 Å². The predicted molar refractivity (Wildman–Crippen MR) is 97.7 cm³/mol. The van der Waals surface area contributed by atoms with Crippen molar-refractivity contribution < 1.29 is 18.7 Å². The Morgan fingerprint density at radius 2 is 1.77 bits per heavy atom. The SMILES string of the molecule is CC(C)c1ccccc1OCC(=O)NNC(=O)/C=C/c1ccc(F)cc1. The molecule has 0 saturated heterocycles. The number of hydrazine groups is 1. The number of nitrogens with one attached hydrogen (secondary N) is 2. The molecule has 0 aliphatic heterocycles. The number of benzene rings is 2. The molecule has 0 aromatic heterocycles. The van der Waals surface area contributed by atoms with Crippen molar-refractivity contribution in [3.05, 3.63) is 71.6 Å². The molecule has 2 aromatic carbocycles. The summed E-state index contributed by atoms with van der Waals surface area (Å²) in [6, 6.07) is 13.2. The van der Waals surface area contributed by atoms with Gasteiger partial charge in [0.2, 0.25) is 0 Å². The molecule has 0 fully saturated rings. The quantitative estimate of drug-likeness (QED) is 0.617. The molecule has 0 unspecified atom stereocenters. The van der Waals surface area contributed by atoms with Crippen LogP contribution >= 0.6 is 0 Å². The van der Waals surface area contributed by atoms with E-state index in [1.165, 1.54) is 36.4 Å². The highest BCUT2D eigenvalue weighted by Gasteiger charge is 2.09. The van der Waals surface area contributed by atoms with Crippen LogP contribution in [0.5, 0.6) is 5.75 Å². The third-order valence-electron chi connectivity index (χ3n) is 3.52. The Labute approximate surface area is 151 Å². The van der Waals surface area contributed by atoms with Crippen molar-refractivity contribution in [1.82, 2.24) is 10.9 Å². The maximum Gasteiger partial charge on any atom is 0.276 e. The van der Waals surface area contributed by atoms with Crippen molar-refractivity contribution in [2.24, 2.45) is 0 Å². The number of carbonyl (C=O) groups excluding carboxylic acids is 2. The van der Waals surface area contributed by atoms with Crippen molar-refractivity contribution >= 4 is 17.9 Å². The maximum absolute atomic E-state index is 12.8. The molecule has 0 heterocycles. The molecule has 0 saturated carbocycles. The summed E-state index contributed by atoms with van der Waals surface area (Å²) in [6.45, 7) is 3.86. The highest BCUT2D eigenvalue weighted by molar-refractivity contribution is 5.93. The van der Waals surface area contributed by atoms with Crippen LogP contribution in [-0.4, -0.2) is 18.4 Å². The summed E-state index contributed by atoms with van der Waals surface area (Å²) >= 11 is 0. The number of halogens is 1. The minimum Gasteiger partial charge on any atom is -0.483 e. The fourth-order valence-corrected chi connectivity index (χ4v) is 2.19. The van der Waals surface area contributed by atoms with Gasteiger partial charge < -0.3 is 4.74 Å². The molecule has 0 radical (unpaired) electrons. The highest BCUT2D eigenvalue weighted by atomic mass is 19.1. The van der Waals surface area contributed by atoms with E-state index in [4.69, 9.17) is 4.74 Å². The molecule has 26 heavy (non-hydrogen) atoms. The van der Waals surface area contributed by atoms with E-state index >= 15 is 0 Å². The first-order chi connectivity index (χ1) is 12.5. The molecule has 5 nitrogen and oxygen atoms in total. The van der Waals surface area contributed by atoms with E-state index in [0.29, 0.717) is 11.3 Å². The van der Waals surface area contributed by atoms with Gasteiger partial charge in [-0.2, -0.15) is 0 Å². The summed E-state index contributed by atoms with van der Waals surface area (Å²) in [6.07, 6.45) is 2.75. The summed E-state index contributed by atoms with van der Waals surface area (Å²) in [5.41, 5.74) is 6.20. The first-order valence-corrected chi connectivity index (χ1v) is 8.20. The summed E-state index contributed by atoms with van der Waals surface area (Å²) in [4.78, 5) is 23.5. The third kappa shape index (κ3) is 6.05. The average molecular weight is 356 g/mol. The van der Waals surface area contributed by atoms with E-state index < -0.39 is 11.8 Å². The largest absolute Gasteiger partial charge is 0.483 e. The lowest BCUT2D eigenvalue weighted by molar-refractivity contribution is -0.128. The standard InChI is InChI=1S/C20H21FN2O3/c1-14(2)17-5-3-4-6-18(17)26-13-20(25)23-22-19(24)12-9-15-7-10-16(21)11-8-15/h3-12,14H,13H2,1-2H3,(H,22,24)(H,23,25)/b12-9+. The van der Waals surface area contributed by atoms with Gasteiger partial charge in [-0.15, -0.1) is 0 Å². The van der Waals surface area contributed by atoms with Gasteiger partial charge in [0.15, 0.2) is 6.61 Å². The smallest absolute Gasteiger partial charge is 0.276 e. The van der Waals surface area contributed by atoms with Gasteiger partial charge >= 0.3 is 0 Å². The third-order valence-corrected chi connectivity index (χ3v) is 3.52. The minimum absolute atomic E-state index is 0.217.